The molecule has 6 nitrogen and oxygen atoms in total. The first-order valence-electron chi connectivity index (χ1n) is 6.00. The molecule has 1 aliphatic heterocycles. The molecule has 0 unspecified atom stereocenters. The summed E-state index contributed by atoms with van der Waals surface area (Å²) in [5.74, 6) is -0.0674. The van der Waals surface area contributed by atoms with E-state index in [-0.39, 0.29) is 24.8 Å². The number of hydrogen-bond donors (Lipinski definition) is 1. The molecule has 2 heterocycles. The van der Waals surface area contributed by atoms with Crippen molar-refractivity contribution in [3.8, 4) is 0 Å². The Morgan fingerprint density at radius 3 is 2.74 bits per heavy atom. The number of nitrogens with zero attached hydrogens (tertiary/aromatic N) is 3. The second kappa shape index (κ2) is 4.17. The Balaban J connectivity index is 2.19. The predicted molar refractivity (Wildman–Crippen MR) is 67.1 cm³/mol. The Morgan fingerprint density at radius 1 is 1.37 bits per heavy atom. The van der Waals surface area contributed by atoms with Crippen molar-refractivity contribution < 1.29 is 14.7 Å². The third kappa shape index (κ3) is 1.64. The van der Waals surface area contributed by atoms with Crippen LogP contribution >= 0.6 is 0 Å². The molecule has 98 valence electrons. The molecule has 1 aromatic heterocycles. The van der Waals surface area contributed by atoms with Crippen LogP contribution in [-0.4, -0.2) is 38.4 Å². The summed E-state index contributed by atoms with van der Waals surface area (Å²) in [5.41, 5.74) is 1.47. The van der Waals surface area contributed by atoms with E-state index >= 15 is 0 Å². The van der Waals surface area contributed by atoms with Gasteiger partial charge in [-0.1, -0.05) is 12.1 Å². The topological polar surface area (TPSA) is 75.4 Å². The molecular weight excluding hydrogens is 246 g/mol. The molecule has 1 N–H and O–H groups in total. The van der Waals surface area contributed by atoms with Crippen molar-refractivity contribution >= 4 is 22.8 Å². The summed E-state index contributed by atoms with van der Waals surface area (Å²) in [7, 11) is 1.47. The third-order valence-corrected chi connectivity index (χ3v) is 3.48. The summed E-state index contributed by atoms with van der Waals surface area (Å²) in [6.07, 6.45) is 0.114. The molecule has 0 bridgehead atoms. The number of imide groups is 1. The lowest BCUT2D eigenvalue weighted by molar-refractivity contribution is -0.137. The van der Waals surface area contributed by atoms with Gasteiger partial charge in [-0.2, -0.15) is 0 Å². The zero-order chi connectivity index (χ0) is 13.6. The van der Waals surface area contributed by atoms with E-state index in [1.807, 2.05) is 24.3 Å². The van der Waals surface area contributed by atoms with E-state index in [0.717, 1.165) is 10.4 Å². The van der Waals surface area contributed by atoms with E-state index in [4.69, 9.17) is 0 Å². The van der Waals surface area contributed by atoms with E-state index in [2.05, 4.69) is 4.98 Å². The summed E-state index contributed by atoms with van der Waals surface area (Å²) in [6.45, 7) is -0.267. The average molecular weight is 259 g/mol. The summed E-state index contributed by atoms with van der Waals surface area (Å²) in [5, 5.41) is 9.40. The van der Waals surface area contributed by atoms with Gasteiger partial charge < -0.3 is 9.67 Å². The lowest BCUT2D eigenvalue weighted by Crippen LogP contribution is -2.27. The summed E-state index contributed by atoms with van der Waals surface area (Å²) >= 11 is 0. The Bertz CT molecular complexity index is 677. The number of carbonyl (C=O) groups is 2. The Hall–Kier alpha value is -2.21. The van der Waals surface area contributed by atoms with Crippen LogP contribution in [0.3, 0.4) is 0 Å². The summed E-state index contributed by atoms with van der Waals surface area (Å²) in [6, 6.07) is 6.72. The van der Waals surface area contributed by atoms with Crippen LogP contribution in [0.5, 0.6) is 0 Å². The molecule has 19 heavy (non-hydrogen) atoms. The van der Waals surface area contributed by atoms with Crippen LogP contribution in [0.25, 0.3) is 11.0 Å². The average Bonchev–Trinajstić information content (AvgIpc) is 2.91. The minimum atomic E-state index is -0.605. The second-order valence-electron chi connectivity index (χ2n) is 4.56. The second-order valence-corrected chi connectivity index (χ2v) is 4.56. The lowest BCUT2D eigenvalue weighted by atomic mass is 10.2. The number of imidazole rings is 1. The highest BCUT2D eigenvalue weighted by Crippen LogP contribution is 2.29. The van der Waals surface area contributed by atoms with Gasteiger partial charge in [-0.25, -0.2) is 4.98 Å². The molecule has 3 rings (SSSR count). The van der Waals surface area contributed by atoms with Crippen LogP contribution in [0.1, 0.15) is 18.3 Å². The van der Waals surface area contributed by atoms with Gasteiger partial charge in [-0.3, -0.25) is 14.5 Å². The Morgan fingerprint density at radius 2 is 2.11 bits per heavy atom. The number of hydrogen-bond acceptors (Lipinski definition) is 4. The van der Waals surface area contributed by atoms with E-state index in [9.17, 15) is 14.7 Å². The highest BCUT2D eigenvalue weighted by Gasteiger charge is 2.38. The first kappa shape index (κ1) is 11.9. The van der Waals surface area contributed by atoms with Crippen molar-refractivity contribution in [1.29, 1.82) is 0 Å². The van der Waals surface area contributed by atoms with Gasteiger partial charge in [0.25, 0.3) is 5.91 Å². The molecule has 0 aliphatic carbocycles. The minimum absolute atomic E-state index is 0.114. The molecular formula is C13H13N3O3. The highest BCUT2D eigenvalue weighted by molar-refractivity contribution is 6.04. The van der Waals surface area contributed by atoms with Crippen LogP contribution in [-0.2, 0) is 16.2 Å². The minimum Gasteiger partial charge on any atom is -0.388 e. The van der Waals surface area contributed by atoms with Gasteiger partial charge in [0.1, 0.15) is 18.5 Å². The number of amides is 2. The van der Waals surface area contributed by atoms with Crippen molar-refractivity contribution in [3.05, 3.63) is 30.1 Å². The lowest BCUT2D eigenvalue weighted by Gasteiger charge is -2.13. The maximum Gasteiger partial charge on any atom is 0.252 e. The highest BCUT2D eigenvalue weighted by atomic mass is 16.3. The maximum absolute atomic E-state index is 12.1. The fourth-order valence-electron chi connectivity index (χ4n) is 2.49. The molecule has 2 aromatic rings. The van der Waals surface area contributed by atoms with Crippen LogP contribution in [0.2, 0.25) is 0 Å². The van der Waals surface area contributed by atoms with E-state index in [1.54, 1.807) is 4.57 Å². The largest absolute Gasteiger partial charge is 0.388 e. The molecule has 1 saturated heterocycles. The van der Waals surface area contributed by atoms with Gasteiger partial charge >= 0.3 is 0 Å². The van der Waals surface area contributed by atoms with Crippen molar-refractivity contribution in [2.75, 3.05) is 7.05 Å². The molecule has 1 atom stereocenters. The number of aliphatic hydroxyl groups excluding tert-OH is 1. The van der Waals surface area contributed by atoms with Crippen LogP contribution in [0.15, 0.2) is 24.3 Å². The molecule has 6 heteroatoms. The molecule has 2 amide bonds. The molecule has 0 spiro atoms. The normalized spacial score (nSPS) is 19.7. The number of fused-ring (bicyclic) bond motifs is 1. The van der Waals surface area contributed by atoms with Gasteiger partial charge in [0.2, 0.25) is 5.91 Å². The van der Waals surface area contributed by atoms with Gasteiger partial charge in [-0.15, -0.1) is 0 Å². The number of likely N-dealkylation sites (tertiary alicyclic amines) is 1. The van der Waals surface area contributed by atoms with Crippen molar-refractivity contribution in [3.63, 3.8) is 0 Å². The maximum atomic E-state index is 12.1. The predicted octanol–water partition coefficient (Wildman–Crippen LogP) is 0.458. The monoisotopic (exact) mass is 259 g/mol. The number of aliphatic hydroxyl groups is 1. The number of benzene rings is 1. The Labute approximate surface area is 109 Å². The van der Waals surface area contributed by atoms with E-state index < -0.39 is 6.04 Å². The molecule has 1 aromatic carbocycles. The van der Waals surface area contributed by atoms with Gasteiger partial charge in [-0.05, 0) is 12.1 Å². The number of para-hydroxylation sites is 2. The molecule has 0 saturated carbocycles. The summed E-state index contributed by atoms with van der Waals surface area (Å²) in [4.78, 5) is 29.2. The van der Waals surface area contributed by atoms with Crippen LogP contribution in [0, 0.1) is 0 Å². The number of aromatic nitrogens is 2. The first-order valence-corrected chi connectivity index (χ1v) is 6.00. The Kier molecular flexibility index (Phi) is 2.60. The van der Waals surface area contributed by atoms with Crippen molar-refractivity contribution in [2.45, 2.75) is 19.1 Å². The van der Waals surface area contributed by atoms with E-state index in [0.29, 0.717) is 11.3 Å². The van der Waals surface area contributed by atoms with Gasteiger partial charge in [0.15, 0.2) is 0 Å². The van der Waals surface area contributed by atoms with E-state index in [1.165, 1.54) is 7.05 Å². The smallest absolute Gasteiger partial charge is 0.252 e. The van der Waals surface area contributed by atoms with Crippen molar-refractivity contribution in [1.82, 2.24) is 14.5 Å². The van der Waals surface area contributed by atoms with Crippen molar-refractivity contribution in [2.24, 2.45) is 0 Å². The molecule has 1 aliphatic rings. The third-order valence-electron chi connectivity index (χ3n) is 3.48. The number of carbonyl (C=O) groups excluding carboxylic acids is 2. The molecule has 1 fully saturated rings. The quantitative estimate of drug-likeness (QED) is 0.795. The standard InChI is InChI=1S/C13H13N3O3/c1-15-12(18)6-10(13(15)19)16-9-5-3-2-4-8(9)14-11(16)7-17/h2-5,10,17H,6-7H2,1H3/t10-/m0/s1. The molecule has 0 radical (unpaired) electrons. The fraction of sp³-hybridized carbons (Fsp3) is 0.308. The summed E-state index contributed by atoms with van der Waals surface area (Å²) < 4.78 is 1.67. The SMILES string of the molecule is CN1C(=O)C[C@H](n2c(CO)nc3ccccc32)C1=O. The number of rotatable bonds is 2. The van der Waals surface area contributed by atoms with Crippen LogP contribution in [0.4, 0.5) is 0 Å². The van der Waals surface area contributed by atoms with Gasteiger partial charge in [0, 0.05) is 7.05 Å². The van der Waals surface area contributed by atoms with Crippen LogP contribution < -0.4 is 0 Å². The first-order chi connectivity index (χ1) is 9.13. The zero-order valence-electron chi connectivity index (χ0n) is 10.4. The van der Waals surface area contributed by atoms with Gasteiger partial charge in [0.05, 0.1) is 17.5 Å². The number of likely N-dealkylation sites (N-methyl/N-ethyl adjacent to an activating group) is 1. The zero-order valence-corrected chi connectivity index (χ0v) is 10.4. The fourth-order valence-corrected chi connectivity index (χ4v) is 2.49.